The number of carboxylic acids is 1. The summed E-state index contributed by atoms with van der Waals surface area (Å²) >= 11 is 7.43. The van der Waals surface area contributed by atoms with Gasteiger partial charge in [0.25, 0.3) is 0 Å². The van der Waals surface area contributed by atoms with E-state index in [2.05, 4.69) is 4.98 Å². The van der Waals surface area contributed by atoms with E-state index in [0.29, 0.717) is 46.0 Å². The van der Waals surface area contributed by atoms with Crippen molar-refractivity contribution in [2.24, 2.45) is 0 Å². The largest absolute Gasteiger partial charge is 0.490 e. The van der Waals surface area contributed by atoms with Crippen LogP contribution in [0.4, 0.5) is 0 Å². The molecule has 0 amide bonds. The van der Waals surface area contributed by atoms with Crippen LogP contribution in [0.2, 0.25) is 5.02 Å². The van der Waals surface area contributed by atoms with E-state index in [1.165, 1.54) is 0 Å². The number of aromatic nitrogens is 1. The standard InChI is InChI=1S/C16H18ClNO4S/c1-4-6-22-13-11(17)7-10(8-12(13)21-5-2)15-18-9(3)14(23-15)16(19)20/h7-8H,4-6H2,1-3H3,(H,19,20). The number of hydrogen-bond acceptors (Lipinski definition) is 5. The van der Waals surface area contributed by atoms with E-state index in [1.807, 2.05) is 13.8 Å². The monoisotopic (exact) mass is 355 g/mol. The van der Waals surface area contributed by atoms with Crippen LogP contribution in [0.25, 0.3) is 10.6 Å². The maximum atomic E-state index is 11.2. The van der Waals surface area contributed by atoms with Crippen molar-refractivity contribution in [1.82, 2.24) is 4.98 Å². The Labute approximate surface area is 143 Å². The van der Waals surface area contributed by atoms with E-state index in [4.69, 9.17) is 26.2 Å². The molecule has 7 heteroatoms. The van der Waals surface area contributed by atoms with Crippen LogP contribution < -0.4 is 9.47 Å². The summed E-state index contributed by atoms with van der Waals surface area (Å²) < 4.78 is 11.3. The minimum atomic E-state index is -0.981. The molecule has 23 heavy (non-hydrogen) atoms. The van der Waals surface area contributed by atoms with Gasteiger partial charge in [0, 0.05) is 5.56 Å². The molecule has 0 saturated heterocycles. The van der Waals surface area contributed by atoms with Crippen LogP contribution in [-0.2, 0) is 0 Å². The Bertz CT molecular complexity index is 714. The Morgan fingerprint density at radius 1 is 1.35 bits per heavy atom. The molecule has 0 bridgehead atoms. The van der Waals surface area contributed by atoms with Gasteiger partial charge in [0.1, 0.15) is 9.88 Å². The van der Waals surface area contributed by atoms with Gasteiger partial charge in [-0.25, -0.2) is 9.78 Å². The first-order valence-electron chi connectivity index (χ1n) is 7.28. The molecule has 124 valence electrons. The van der Waals surface area contributed by atoms with Crippen molar-refractivity contribution in [3.63, 3.8) is 0 Å². The van der Waals surface area contributed by atoms with Crippen molar-refractivity contribution in [2.75, 3.05) is 13.2 Å². The predicted molar refractivity (Wildman–Crippen MR) is 91.2 cm³/mol. The summed E-state index contributed by atoms with van der Waals surface area (Å²) in [6.45, 7) is 6.57. The first-order chi connectivity index (χ1) is 11.0. The van der Waals surface area contributed by atoms with E-state index in [0.717, 1.165) is 17.8 Å². The van der Waals surface area contributed by atoms with Gasteiger partial charge in [-0.3, -0.25) is 0 Å². The SMILES string of the molecule is CCCOc1c(Cl)cc(-c2nc(C)c(C(=O)O)s2)cc1OCC. The fourth-order valence-corrected chi connectivity index (χ4v) is 3.17. The number of benzene rings is 1. The van der Waals surface area contributed by atoms with Crippen molar-refractivity contribution in [2.45, 2.75) is 27.2 Å². The number of aromatic carboxylic acids is 1. The van der Waals surface area contributed by atoms with Gasteiger partial charge in [0.2, 0.25) is 0 Å². The second-order valence-corrected chi connectivity index (χ2v) is 6.21. The first-order valence-corrected chi connectivity index (χ1v) is 8.47. The molecule has 0 radical (unpaired) electrons. The van der Waals surface area contributed by atoms with Crippen LogP contribution >= 0.6 is 22.9 Å². The number of halogens is 1. The molecule has 0 saturated carbocycles. The molecule has 1 N–H and O–H groups in total. The smallest absolute Gasteiger partial charge is 0.347 e. The fraction of sp³-hybridized carbons (Fsp3) is 0.375. The number of nitrogens with zero attached hydrogens (tertiary/aromatic N) is 1. The molecule has 0 atom stereocenters. The lowest BCUT2D eigenvalue weighted by atomic mass is 10.2. The molecule has 5 nitrogen and oxygen atoms in total. The van der Waals surface area contributed by atoms with Crippen molar-refractivity contribution < 1.29 is 19.4 Å². The van der Waals surface area contributed by atoms with Crippen molar-refractivity contribution in [1.29, 1.82) is 0 Å². The Balaban J connectivity index is 2.47. The second kappa shape index (κ2) is 7.66. The highest BCUT2D eigenvalue weighted by Gasteiger charge is 2.18. The van der Waals surface area contributed by atoms with Crippen LogP contribution in [0.3, 0.4) is 0 Å². The van der Waals surface area contributed by atoms with E-state index in [1.54, 1.807) is 19.1 Å². The van der Waals surface area contributed by atoms with E-state index in [-0.39, 0.29) is 4.88 Å². The highest BCUT2D eigenvalue weighted by molar-refractivity contribution is 7.17. The molecule has 1 heterocycles. The lowest BCUT2D eigenvalue weighted by Crippen LogP contribution is -2.01. The Morgan fingerprint density at radius 3 is 2.65 bits per heavy atom. The molecule has 0 aliphatic heterocycles. The molecule has 0 unspecified atom stereocenters. The van der Waals surface area contributed by atoms with Crippen LogP contribution in [-0.4, -0.2) is 29.3 Å². The molecule has 1 aromatic carbocycles. The predicted octanol–water partition coefficient (Wildman–Crippen LogP) is 4.66. The zero-order valence-electron chi connectivity index (χ0n) is 13.2. The maximum absolute atomic E-state index is 11.2. The zero-order chi connectivity index (χ0) is 17.0. The summed E-state index contributed by atoms with van der Waals surface area (Å²) in [5, 5.41) is 10.2. The second-order valence-electron chi connectivity index (χ2n) is 4.81. The molecule has 2 rings (SSSR count). The quantitative estimate of drug-likeness (QED) is 0.782. The molecule has 2 aromatic rings. The van der Waals surface area contributed by atoms with Crippen LogP contribution in [0, 0.1) is 6.92 Å². The molecule has 0 aliphatic carbocycles. The number of aryl methyl sites for hydroxylation is 1. The summed E-state index contributed by atoms with van der Waals surface area (Å²) in [5.41, 5.74) is 1.20. The highest BCUT2D eigenvalue weighted by atomic mass is 35.5. The summed E-state index contributed by atoms with van der Waals surface area (Å²) in [6, 6.07) is 3.50. The molecular formula is C16H18ClNO4S. The van der Waals surface area contributed by atoms with Crippen LogP contribution in [0.5, 0.6) is 11.5 Å². The highest BCUT2D eigenvalue weighted by Crippen LogP contribution is 2.41. The number of ether oxygens (including phenoxy) is 2. The summed E-state index contributed by atoms with van der Waals surface area (Å²) in [5.74, 6) is 0.0595. The van der Waals surface area contributed by atoms with Gasteiger partial charge in [-0.05, 0) is 32.4 Å². The average Bonchev–Trinajstić information content (AvgIpc) is 2.89. The Kier molecular flexibility index (Phi) is 5.85. The topological polar surface area (TPSA) is 68.7 Å². The van der Waals surface area contributed by atoms with Crippen molar-refractivity contribution in [3.05, 3.63) is 27.7 Å². The molecule has 1 aromatic heterocycles. The van der Waals surface area contributed by atoms with Gasteiger partial charge in [-0.1, -0.05) is 18.5 Å². The number of hydrogen-bond donors (Lipinski definition) is 1. The Morgan fingerprint density at radius 2 is 2.09 bits per heavy atom. The third-order valence-corrected chi connectivity index (χ3v) is 4.47. The van der Waals surface area contributed by atoms with Gasteiger partial charge in [-0.2, -0.15) is 0 Å². The fourth-order valence-electron chi connectivity index (χ4n) is 2.02. The maximum Gasteiger partial charge on any atom is 0.347 e. The number of thiazole rings is 1. The summed E-state index contributed by atoms with van der Waals surface area (Å²) in [6.07, 6.45) is 0.858. The summed E-state index contributed by atoms with van der Waals surface area (Å²) in [7, 11) is 0. The number of carboxylic acid groups (broad SMARTS) is 1. The van der Waals surface area contributed by atoms with Gasteiger partial charge < -0.3 is 14.6 Å². The molecular weight excluding hydrogens is 338 g/mol. The minimum Gasteiger partial charge on any atom is -0.490 e. The molecule has 0 aliphatic rings. The lowest BCUT2D eigenvalue weighted by molar-refractivity contribution is 0.0701. The third-order valence-electron chi connectivity index (χ3n) is 3.00. The van der Waals surface area contributed by atoms with Crippen molar-refractivity contribution >= 4 is 28.9 Å². The first kappa shape index (κ1) is 17.6. The molecule has 0 spiro atoms. The Hall–Kier alpha value is -1.79. The van der Waals surface area contributed by atoms with E-state index >= 15 is 0 Å². The zero-order valence-corrected chi connectivity index (χ0v) is 14.8. The van der Waals surface area contributed by atoms with Crippen molar-refractivity contribution in [3.8, 4) is 22.1 Å². The van der Waals surface area contributed by atoms with E-state index < -0.39 is 5.97 Å². The van der Waals surface area contributed by atoms with E-state index in [9.17, 15) is 4.79 Å². The van der Waals surface area contributed by atoms with Gasteiger partial charge in [0.15, 0.2) is 11.5 Å². The van der Waals surface area contributed by atoms with Gasteiger partial charge >= 0.3 is 5.97 Å². The molecule has 0 fully saturated rings. The lowest BCUT2D eigenvalue weighted by Gasteiger charge is -2.14. The minimum absolute atomic E-state index is 0.223. The summed E-state index contributed by atoms with van der Waals surface area (Å²) in [4.78, 5) is 15.7. The number of carbonyl (C=O) groups is 1. The van der Waals surface area contributed by atoms with Gasteiger partial charge in [-0.15, -0.1) is 11.3 Å². The third kappa shape index (κ3) is 3.95. The van der Waals surface area contributed by atoms with Crippen LogP contribution in [0.1, 0.15) is 35.6 Å². The average molecular weight is 356 g/mol. The van der Waals surface area contributed by atoms with Crippen LogP contribution in [0.15, 0.2) is 12.1 Å². The number of rotatable bonds is 7. The van der Waals surface area contributed by atoms with Gasteiger partial charge in [0.05, 0.1) is 23.9 Å². The normalized spacial score (nSPS) is 10.6.